The molecule has 0 radical (unpaired) electrons. The molecule has 2 atom stereocenters. The van der Waals surface area contributed by atoms with Gasteiger partial charge in [0.25, 0.3) is 0 Å². The summed E-state index contributed by atoms with van der Waals surface area (Å²) < 4.78 is 0. The van der Waals surface area contributed by atoms with Crippen molar-refractivity contribution in [2.24, 2.45) is 5.92 Å². The molecule has 2 N–H and O–H groups in total. The van der Waals surface area contributed by atoms with Gasteiger partial charge in [0.1, 0.15) is 5.75 Å². The minimum Gasteiger partial charge on any atom is -0.508 e. The normalized spacial score (nSPS) is 27.5. The van der Waals surface area contributed by atoms with Crippen LogP contribution < -0.4 is 5.32 Å². The van der Waals surface area contributed by atoms with Crippen molar-refractivity contribution in [2.75, 3.05) is 6.54 Å². The van der Waals surface area contributed by atoms with Gasteiger partial charge in [0.05, 0.1) is 0 Å². The molecule has 0 saturated carbocycles. The molecule has 0 spiro atoms. The summed E-state index contributed by atoms with van der Waals surface area (Å²) in [5.41, 5.74) is 1.29. The topological polar surface area (TPSA) is 32.3 Å². The average Bonchev–Trinajstić information content (AvgIpc) is 2.21. The number of piperidine rings is 1. The molecule has 1 aliphatic heterocycles. The summed E-state index contributed by atoms with van der Waals surface area (Å²) in [6.07, 6.45) is 2.49. The highest BCUT2D eigenvalue weighted by atomic mass is 16.3. The molecule has 0 bridgehead atoms. The molecule has 76 valence electrons. The quantitative estimate of drug-likeness (QED) is 0.714. The first-order chi connectivity index (χ1) is 6.75. The Balaban J connectivity index is 2.05. The maximum atomic E-state index is 9.18. The minimum atomic E-state index is 0.345. The zero-order chi connectivity index (χ0) is 9.97. The predicted octanol–water partition coefficient (Wildman–Crippen LogP) is 2.45. The molecule has 1 aliphatic rings. The molecule has 1 aromatic rings. The number of hydrogen-bond donors (Lipinski definition) is 2. The van der Waals surface area contributed by atoms with E-state index in [2.05, 4.69) is 12.2 Å². The lowest BCUT2D eigenvalue weighted by Gasteiger charge is -2.28. The van der Waals surface area contributed by atoms with Gasteiger partial charge in [0.2, 0.25) is 0 Å². The van der Waals surface area contributed by atoms with Crippen molar-refractivity contribution in [3.63, 3.8) is 0 Å². The van der Waals surface area contributed by atoms with Crippen molar-refractivity contribution in [3.8, 4) is 5.75 Å². The maximum Gasteiger partial charge on any atom is 0.115 e. The van der Waals surface area contributed by atoms with Gasteiger partial charge < -0.3 is 10.4 Å². The van der Waals surface area contributed by atoms with Gasteiger partial charge in [-0.05, 0) is 43.0 Å². The van der Waals surface area contributed by atoms with Gasteiger partial charge in [0.15, 0.2) is 0 Å². The van der Waals surface area contributed by atoms with Crippen molar-refractivity contribution in [3.05, 3.63) is 29.8 Å². The first-order valence-corrected chi connectivity index (χ1v) is 5.28. The molecule has 2 rings (SSSR count). The number of aromatic hydroxyl groups is 1. The van der Waals surface area contributed by atoms with Crippen LogP contribution in [0.4, 0.5) is 0 Å². The molecule has 0 unspecified atom stereocenters. The van der Waals surface area contributed by atoms with Crippen LogP contribution in [-0.2, 0) is 0 Å². The van der Waals surface area contributed by atoms with Crippen LogP contribution in [0.1, 0.15) is 31.4 Å². The van der Waals surface area contributed by atoms with Crippen LogP contribution >= 0.6 is 0 Å². The molecule has 1 saturated heterocycles. The Hall–Kier alpha value is -1.02. The SMILES string of the molecule is C[C@H]1CC[C@H](c2ccc(O)cc2)NC1. The van der Waals surface area contributed by atoms with E-state index < -0.39 is 0 Å². The summed E-state index contributed by atoms with van der Waals surface area (Å²) in [4.78, 5) is 0. The molecular weight excluding hydrogens is 174 g/mol. The highest BCUT2D eigenvalue weighted by Crippen LogP contribution is 2.26. The third kappa shape index (κ3) is 2.07. The van der Waals surface area contributed by atoms with Crippen LogP contribution in [0.25, 0.3) is 0 Å². The summed E-state index contributed by atoms with van der Waals surface area (Å²) in [6.45, 7) is 3.38. The van der Waals surface area contributed by atoms with E-state index in [0.29, 0.717) is 11.8 Å². The number of hydrogen-bond acceptors (Lipinski definition) is 2. The van der Waals surface area contributed by atoms with E-state index in [9.17, 15) is 5.11 Å². The van der Waals surface area contributed by atoms with Gasteiger partial charge in [0, 0.05) is 6.04 Å². The Morgan fingerprint density at radius 2 is 1.93 bits per heavy atom. The molecule has 0 aromatic heterocycles. The molecule has 0 aliphatic carbocycles. The Labute approximate surface area is 85.0 Å². The van der Waals surface area contributed by atoms with Crippen LogP contribution in [0.3, 0.4) is 0 Å². The number of phenolic OH excluding ortho intramolecular Hbond substituents is 1. The van der Waals surface area contributed by atoms with Crippen molar-refractivity contribution in [1.29, 1.82) is 0 Å². The smallest absolute Gasteiger partial charge is 0.115 e. The van der Waals surface area contributed by atoms with E-state index in [-0.39, 0.29) is 0 Å². The van der Waals surface area contributed by atoms with Crippen LogP contribution in [0.5, 0.6) is 5.75 Å². The van der Waals surface area contributed by atoms with E-state index in [1.165, 1.54) is 18.4 Å². The fourth-order valence-corrected chi connectivity index (χ4v) is 1.99. The van der Waals surface area contributed by atoms with Crippen LogP contribution in [0.2, 0.25) is 0 Å². The number of rotatable bonds is 1. The largest absolute Gasteiger partial charge is 0.508 e. The fraction of sp³-hybridized carbons (Fsp3) is 0.500. The third-order valence-electron chi connectivity index (χ3n) is 2.96. The second-order valence-corrected chi connectivity index (χ2v) is 4.23. The summed E-state index contributed by atoms with van der Waals surface area (Å²) in [6, 6.07) is 8.00. The number of phenols is 1. The van der Waals surface area contributed by atoms with Crippen molar-refractivity contribution in [2.45, 2.75) is 25.8 Å². The summed E-state index contributed by atoms with van der Waals surface area (Å²) in [5.74, 6) is 1.14. The molecule has 14 heavy (non-hydrogen) atoms. The standard InChI is InChI=1S/C12H17NO/c1-9-2-7-12(13-8-9)10-3-5-11(14)6-4-10/h3-6,9,12-14H,2,7-8H2,1H3/t9-,12+/m0/s1. The Kier molecular flexibility index (Phi) is 2.73. The molecule has 1 fully saturated rings. The highest BCUT2D eigenvalue weighted by molar-refractivity contribution is 5.28. The minimum absolute atomic E-state index is 0.345. The van der Waals surface area contributed by atoms with E-state index in [4.69, 9.17) is 0 Å². The molecule has 2 heteroatoms. The van der Waals surface area contributed by atoms with Gasteiger partial charge in [-0.25, -0.2) is 0 Å². The molecule has 1 heterocycles. The predicted molar refractivity (Wildman–Crippen MR) is 57.2 cm³/mol. The van der Waals surface area contributed by atoms with Gasteiger partial charge in [-0.2, -0.15) is 0 Å². The first kappa shape index (κ1) is 9.53. The van der Waals surface area contributed by atoms with Crippen molar-refractivity contribution < 1.29 is 5.11 Å². The van der Waals surface area contributed by atoms with Crippen LogP contribution in [0.15, 0.2) is 24.3 Å². The Morgan fingerprint density at radius 3 is 2.50 bits per heavy atom. The summed E-state index contributed by atoms with van der Waals surface area (Å²) in [7, 11) is 0. The van der Waals surface area contributed by atoms with E-state index in [1.54, 1.807) is 12.1 Å². The Morgan fingerprint density at radius 1 is 1.21 bits per heavy atom. The van der Waals surface area contributed by atoms with E-state index >= 15 is 0 Å². The zero-order valence-electron chi connectivity index (χ0n) is 8.53. The van der Waals surface area contributed by atoms with Gasteiger partial charge in [-0.15, -0.1) is 0 Å². The summed E-state index contributed by atoms with van der Waals surface area (Å²) >= 11 is 0. The highest BCUT2D eigenvalue weighted by Gasteiger charge is 2.18. The molecular formula is C12H17NO. The number of benzene rings is 1. The van der Waals surface area contributed by atoms with E-state index in [0.717, 1.165) is 12.5 Å². The molecule has 1 aromatic carbocycles. The monoisotopic (exact) mass is 191 g/mol. The maximum absolute atomic E-state index is 9.18. The second-order valence-electron chi connectivity index (χ2n) is 4.23. The lowest BCUT2D eigenvalue weighted by Crippen LogP contribution is -2.31. The van der Waals surface area contributed by atoms with Crippen molar-refractivity contribution in [1.82, 2.24) is 5.32 Å². The van der Waals surface area contributed by atoms with Gasteiger partial charge in [-0.1, -0.05) is 19.1 Å². The first-order valence-electron chi connectivity index (χ1n) is 5.28. The Bertz CT molecular complexity index is 286. The zero-order valence-corrected chi connectivity index (χ0v) is 8.53. The van der Waals surface area contributed by atoms with Gasteiger partial charge >= 0.3 is 0 Å². The molecule has 0 amide bonds. The lowest BCUT2D eigenvalue weighted by atomic mass is 9.92. The average molecular weight is 191 g/mol. The van der Waals surface area contributed by atoms with Crippen LogP contribution in [0, 0.1) is 5.92 Å². The van der Waals surface area contributed by atoms with Crippen molar-refractivity contribution >= 4 is 0 Å². The van der Waals surface area contributed by atoms with Crippen LogP contribution in [-0.4, -0.2) is 11.7 Å². The second kappa shape index (κ2) is 4.01. The van der Waals surface area contributed by atoms with Gasteiger partial charge in [-0.3, -0.25) is 0 Å². The van der Waals surface area contributed by atoms with E-state index in [1.807, 2.05) is 12.1 Å². The summed E-state index contributed by atoms with van der Waals surface area (Å²) in [5, 5.41) is 12.7. The molecule has 2 nitrogen and oxygen atoms in total. The lowest BCUT2D eigenvalue weighted by molar-refractivity contribution is 0.333. The fourth-order valence-electron chi connectivity index (χ4n) is 1.99. The number of nitrogens with one attached hydrogen (secondary N) is 1. The third-order valence-corrected chi connectivity index (χ3v) is 2.96.